The summed E-state index contributed by atoms with van der Waals surface area (Å²) in [4.78, 5) is 10.8. The van der Waals surface area contributed by atoms with Gasteiger partial charge in [0.1, 0.15) is 11.5 Å². The quantitative estimate of drug-likeness (QED) is 0.702. The van der Waals surface area contributed by atoms with Crippen LogP contribution in [-0.2, 0) is 4.79 Å². The summed E-state index contributed by atoms with van der Waals surface area (Å²) in [7, 11) is 0. The molecule has 2 aromatic rings. The fraction of sp³-hybridized carbons (Fsp3) is 0.409. The minimum absolute atomic E-state index is 0.00108. The van der Waals surface area contributed by atoms with Gasteiger partial charge in [-0.05, 0) is 55.0 Å². The zero-order valence-electron chi connectivity index (χ0n) is 15.4. The van der Waals surface area contributed by atoms with Gasteiger partial charge in [-0.15, -0.1) is 0 Å². The number of hydrogen-bond donors (Lipinski definition) is 1. The number of hydrogen-bond acceptors (Lipinski definition) is 3. The van der Waals surface area contributed by atoms with Crippen LogP contribution in [0.5, 0.6) is 11.5 Å². The first-order chi connectivity index (χ1) is 12.5. The van der Waals surface area contributed by atoms with E-state index in [2.05, 4.69) is 13.0 Å². The molecule has 3 rings (SSSR count). The molecular formula is C22H26O4. The van der Waals surface area contributed by atoms with Gasteiger partial charge in [-0.25, -0.2) is 0 Å². The van der Waals surface area contributed by atoms with Crippen LogP contribution in [0.3, 0.4) is 0 Å². The van der Waals surface area contributed by atoms with Gasteiger partial charge >= 0.3 is 5.97 Å². The molecule has 0 spiro atoms. The monoisotopic (exact) mass is 354 g/mol. The highest BCUT2D eigenvalue weighted by atomic mass is 16.5. The second kappa shape index (κ2) is 7.81. The van der Waals surface area contributed by atoms with Crippen molar-refractivity contribution in [1.29, 1.82) is 0 Å². The molecule has 1 aliphatic carbocycles. The van der Waals surface area contributed by atoms with Crippen molar-refractivity contribution in [2.45, 2.75) is 39.0 Å². The number of rotatable bonds is 9. The van der Waals surface area contributed by atoms with Crippen LogP contribution in [0.15, 0.2) is 48.5 Å². The molecule has 4 heteroatoms. The lowest BCUT2D eigenvalue weighted by Crippen LogP contribution is -2.21. The molecule has 1 unspecified atom stereocenters. The van der Waals surface area contributed by atoms with Crippen molar-refractivity contribution in [3.63, 3.8) is 0 Å². The topological polar surface area (TPSA) is 55.8 Å². The van der Waals surface area contributed by atoms with Gasteiger partial charge in [-0.1, -0.05) is 37.3 Å². The number of ether oxygens (including phenoxy) is 2. The largest absolute Gasteiger partial charge is 0.493 e. The molecular weight excluding hydrogens is 328 g/mol. The van der Waals surface area contributed by atoms with E-state index in [0.717, 1.165) is 35.5 Å². The second-order valence-corrected chi connectivity index (χ2v) is 7.41. The van der Waals surface area contributed by atoms with E-state index < -0.39 is 5.97 Å². The molecule has 0 radical (unpaired) electrons. The average Bonchev–Trinajstić information content (AvgIpc) is 3.39. The summed E-state index contributed by atoms with van der Waals surface area (Å²) in [6, 6.07) is 15.8. The lowest BCUT2D eigenvalue weighted by Gasteiger charge is -2.18. The maximum atomic E-state index is 10.8. The molecule has 1 N–H and O–H groups in total. The predicted molar refractivity (Wildman–Crippen MR) is 101 cm³/mol. The van der Waals surface area contributed by atoms with E-state index in [9.17, 15) is 4.79 Å². The van der Waals surface area contributed by atoms with Crippen molar-refractivity contribution >= 4 is 5.97 Å². The van der Waals surface area contributed by atoms with Gasteiger partial charge in [-0.3, -0.25) is 4.79 Å². The van der Waals surface area contributed by atoms with Gasteiger partial charge in [0, 0.05) is 5.41 Å². The van der Waals surface area contributed by atoms with Crippen molar-refractivity contribution in [2.24, 2.45) is 5.41 Å². The van der Waals surface area contributed by atoms with Gasteiger partial charge < -0.3 is 14.6 Å². The third-order valence-electron chi connectivity index (χ3n) is 5.06. The van der Waals surface area contributed by atoms with E-state index in [1.54, 1.807) is 0 Å². The number of aryl methyl sites for hydroxylation is 1. The molecule has 0 aliphatic heterocycles. The SMILES string of the molecule is Cc1ccccc1OCC1(COc2ccc(C(C)CC(=O)O)cc2)CC1. The number of para-hydroxylation sites is 1. The molecule has 1 aliphatic rings. The maximum absolute atomic E-state index is 10.8. The number of carboxylic acids is 1. The smallest absolute Gasteiger partial charge is 0.303 e. The number of carboxylic acid groups (broad SMARTS) is 1. The fourth-order valence-electron chi connectivity index (χ4n) is 2.97. The molecule has 1 fully saturated rings. The zero-order chi connectivity index (χ0) is 18.6. The van der Waals surface area contributed by atoms with Crippen LogP contribution in [0.2, 0.25) is 0 Å². The summed E-state index contributed by atoms with van der Waals surface area (Å²) in [6.45, 7) is 5.29. The van der Waals surface area contributed by atoms with E-state index >= 15 is 0 Å². The molecule has 0 bridgehead atoms. The average molecular weight is 354 g/mol. The highest BCUT2D eigenvalue weighted by molar-refractivity contribution is 5.67. The van der Waals surface area contributed by atoms with E-state index in [1.165, 1.54) is 0 Å². The summed E-state index contributed by atoms with van der Waals surface area (Å²) in [5.74, 6) is 0.981. The lowest BCUT2D eigenvalue weighted by molar-refractivity contribution is -0.137. The maximum Gasteiger partial charge on any atom is 0.303 e. The third-order valence-corrected chi connectivity index (χ3v) is 5.06. The molecule has 138 valence electrons. The van der Waals surface area contributed by atoms with Crippen LogP contribution in [0.25, 0.3) is 0 Å². The molecule has 0 aromatic heterocycles. The van der Waals surface area contributed by atoms with Crippen LogP contribution in [0.1, 0.15) is 43.2 Å². The highest BCUT2D eigenvalue weighted by Crippen LogP contribution is 2.46. The summed E-state index contributed by atoms with van der Waals surface area (Å²) < 4.78 is 12.0. The van der Waals surface area contributed by atoms with Crippen molar-refractivity contribution in [1.82, 2.24) is 0 Å². The van der Waals surface area contributed by atoms with Crippen molar-refractivity contribution < 1.29 is 19.4 Å². The van der Waals surface area contributed by atoms with Crippen molar-refractivity contribution in [3.05, 3.63) is 59.7 Å². The first-order valence-corrected chi connectivity index (χ1v) is 9.10. The van der Waals surface area contributed by atoms with Crippen LogP contribution >= 0.6 is 0 Å². The van der Waals surface area contributed by atoms with Crippen LogP contribution < -0.4 is 9.47 Å². The standard InChI is InChI=1S/C22H26O4/c1-16-5-3-4-6-20(16)26-15-22(11-12-22)14-25-19-9-7-18(8-10-19)17(2)13-21(23)24/h3-10,17H,11-15H2,1-2H3,(H,23,24). The second-order valence-electron chi connectivity index (χ2n) is 7.41. The molecule has 1 saturated carbocycles. The zero-order valence-corrected chi connectivity index (χ0v) is 15.4. The third kappa shape index (κ3) is 4.78. The summed E-state index contributed by atoms with van der Waals surface area (Å²) in [5, 5.41) is 8.89. The number of aliphatic carboxylic acids is 1. The Balaban J connectivity index is 1.50. The highest BCUT2D eigenvalue weighted by Gasteiger charge is 2.44. The Labute approximate surface area is 154 Å². The van der Waals surface area contributed by atoms with Gasteiger partial charge in [0.25, 0.3) is 0 Å². The Morgan fingerprint density at radius 2 is 1.73 bits per heavy atom. The Morgan fingerprint density at radius 1 is 1.08 bits per heavy atom. The molecule has 0 heterocycles. The Hall–Kier alpha value is -2.49. The van der Waals surface area contributed by atoms with E-state index in [-0.39, 0.29) is 17.8 Å². The van der Waals surface area contributed by atoms with Gasteiger partial charge in [-0.2, -0.15) is 0 Å². The van der Waals surface area contributed by atoms with E-state index in [0.29, 0.717) is 13.2 Å². The molecule has 26 heavy (non-hydrogen) atoms. The Kier molecular flexibility index (Phi) is 5.50. The fourth-order valence-corrected chi connectivity index (χ4v) is 2.97. The lowest BCUT2D eigenvalue weighted by atomic mass is 9.98. The summed E-state index contributed by atoms with van der Waals surface area (Å²) >= 11 is 0. The summed E-state index contributed by atoms with van der Waals surface area (Å²) in [6.07, 6.45) is 2.37. The number of benzene rings is 2. The molecule has 1 atom stereocenters. The predicted octanol–water partition coefficient (Wildman–Crippen LogP) is 4.81. The Bertz CT molecular complexity index is 747. The Morgan fingerprint density at radius 3 is 2.35 bits per heavy atom. The normalized spacial score (nSPS) is 15.9. The first-order valence-electron chi connectivity index (χ1n) is 9.10. The van der Waals surface area contributed by atoms with E-state index in [4.69, 9.17) is 14.6 Å². The van der Waals surface area contributed by atoms with Crippen LogP contribution in [-0.4, -0.2) is 24.3 Å². The summed E-state index contributed by atoms with van der Waals surface area (Å²) in [5.41, 5.74) is 2.27. The van der Waals surface area contributed by atoms with Crippen molar-refractivity contribution in [3.8, 4) is 11.5 Å². The minimum Gasteiger partial charge on any atom is -0.493 e. The van der Waals surface area contributed by atoms with E-state index in [1.807, 2.05) is 49.4 Å². The first kappa shape index (κ1) is 18.3. The minimum atomic E-state index is -0.776. The molecule has 2 aromatic carbocycles. The van der Waals surface area contributed by atoms with Crippen LogP contribution in [0, 0.1) is 12.3 Å². The van der Waals surface area contributed by atoms with Gasteiger partial charge in [0.15, 0.2) is 0 Å². The van der Waals surface area contributed by atoms with Gasteiger partial charge in [0.05, 0.1) is 19.6 Å². The van der Waals surface area contributed by atoms with Crippen molar-refractivity contribution in [2.75, 3.05) is 13.2 Å². The number of carbonyl (C=O) groups is 1. The molecule has 0 saturated heterocycles. The molecule has 0 amide bonds. The van der Waals surface area contributed by atoms with Gasteiger partial charge in [0.2, 0.25) is 0 Å². The molecule has 4 nitrogen and oxygen atoms in total. The van der Waals surface area contributed by atoms with Crippen LogP contribution in [0.4, 0.5) is 0 Å².